The first-order valence-electron chi connectivity index (χ1n) is 4.82. The summed E-state index contributed by atoms with van der Waals surface area (Å²) in [6, 6.07) is 0. The van der Waals surface area contributed by atoms with E-state index in [2.05, 4.69) is 4.98 Å². The number of alkyl halides is 3. The van der Waals surface area contributed by atoms with E-state index < -0.39 is 23.3 Å². The molecule has 8 heteroatoms. The average Bonchev–Trinajstić information content (AvgIpc) is 2.85. The van der Waals surface area contributed by atoms with Crippen LogP contribution in [0.2, 0.25) is 0 Å². The minimum Gasteiger partial charge on any atom is -0.477 e. The fourth-order valence-electron chi connectivity index (χ4n) is 1.62. The van der Waals surface area contributed by atoms with Gasteiger partial charge in [-0.05, 0) is 12.8 Å². The van der Waals surface area contributed by atoms with E-state index in [-0.39, 0.29) is 21.9 Å². The maximum Gasteiger partial charge on any atom is 0.443 e. The lowest BCUT2D eigenvalue weighted by molar-refractivity contribution is -0.137. The Morgan fingerprint density at radius 2 is 2.24 bits per heavy atom. The molecule has 1 aromatic heterocycles. The van der Waals surface area contributed by atoms with Gasteiger partial charge in [0.1, 0.15) is 11.0 Å². The minimum absolute atomic E-state index is 0.104. The summed E-state index contributed by atoms with van der Waals surface area (Å²) in [5.41, 5.74) is -0.104. The molecule has 1 fully saturated rings. The van der Waals surface area contributed by atoms with Crippen molar-refractivity contribution in [1.29, 1.82) is 0 Å². The van der Waals surface area contributed by atoms with Gasteiger partial charge in [0, 0.05) is 6.61 Å². The molecule has 0 aromatic carbocycles. The summed E-state index contributed by atoms with van der Waals surface area (Å²) in [4.78, 5) is 13.9. The van der Waals surface area contributed by atoms with E-state index in [9.17, 15) is 18.0 Å². The highest BCUT2D eigenvalue weighted by atomic mass is 32.1. The molecule has 94 valence electrons. The van der Waals surface area contributed by atoms with Crippen molar-refractivity contribution >= 4 is 17.3 Å². The van der Waals surface area contributed by atoms with Gasteiger partial charge in [-0.25, -0.2) is 9.78 Å². The Labute approximate surface area is 98.0 Å². The largest absolute Gasteiger partial charge is 0.477 e. The molecule has 0 bridgehead atoms. The summed E-state index contributed by atoms with van der Waals surface area (Å²) < 4.78 is 42.5. The van der Waals surface area contributed by atoms with Crippen molar-refractivity contribution in [2.24, 2.45) is 0 Å². The quantitative estimate of drug-likeness (QED) is 0.895. The van der Waals surface area contributed by atoms with Crippen LogP contribution in [0.1, 0.15) is 39.3 Å². The molecule has 4 nitrogen and oxygen atoms in total. The topological polar surface area (TPSA) is 59.4 Å². The molecule has 0 saturated carbocycles. The van der Waals surface area contributed by atoms with Gasteiger partial charge in [0.05, 0.1) is 5.69 Å². The summed E-state index contributed by atoms with van der Waals surface area (Å²) in [6.07, 6.45) is -4.05. The van der Waals surface area contributed by atoms with Crippen molar-refractivity contribution in [2.45, 2.75) is 25.1 Å². The number of hydrogen-bond acceptors (Lipinski definition) is 4. The zero-order valence-corrected chi connectivity index (χ0v) is 9.27. The van der Waals surface area contributed by atoms with Crippen molar-refractivity contribution in [3.8, 4) is 0 Å². The Kier molecular flexibility index (Phi) is 3.09. The van der Waals surface area contributed by atoms with E-state index in [1.165, 1.54) is 0 Å². The van der Waals surface area contributed by atoms with Gasteiger partial charge >= 0.3 is 12.1 Å². The van der Waals surface area contributed by atoms with E-state index in [0.717, 1.165) is 0 Å². The van der Waals surface area contributed by atoms with Crippen molar-refractivity contribution in [1.82, 2.24) is 4.98 Å². The first-order valence-corrected chi connectivity index (χ1v) is 5.64. The number of aromatic carboxylic acids is 1. The first-order chi connectivity index (χ1) is 7.89. The number of aromatic nitrogens is 1. The van der Waals surface area contributed by atoms with Crippen molar-refractivity contribution < 1.29 is 27.8 Å². The third-order valence-electron chi connectivity index (χ3n) is 2.32. The van der Waals surface area contributed by atoms with Gasteiger partial charge in [0.25, 0.3) is 0 Å². The lowest BCUT2D eigenvalue weighted by atomic mass is 10.1. The molecule has 0 aliphatic carbocycles. The third kappa shape index (κ3) is 2.42. The number of nitrogens with zero attached hydrogens (tertiary/aromatic N) is 1. The van der Waals surface area contributed by atoms with Crippen LogP contribution in [-0.2, 0) is 10.9 Å². The first kappa shape index (κ1) is 12.3. The number of halogens is 3. The van der Waals surface area contributed by atoms with Gasteiger partial charge < -0.3 is 9.84 Å². The van der Waals surface area contributed by atoms with Crippen molar-refractivity contribution in [2.75, 3.05) is 6.61 Å². The highest BCUT2D eigenvalue weighted by Gasteiger charge is 2.39. The molecule has 1 saturated heterocycles. The smallest absolute Gasteiger partial charge is 0.443 e. The second-order valence-corrected chi connectivity index (χ2v) is 4.54. The fraction of sp³-hybridized carbons (Fsp3) is 0.556. The summed E-state index contributed by atoms with van der Waals surface area (Å²) in [7, 11) is 0. The summed E-state index contributed by atoms with van der Waals surface area (Å²) >= 11 is 0.146. The van der Waals surface area contributed by atoms with E-state index in [1.54, 1.807) is 0 Å². The predicted octanol–water partition coefficient (Wildman–Crippen LogP) is 2.71. The Morgan fingerprint density at radius 3 is 2.71 bits per heavy atom. The molecular formula is C9H8F3NO3S. The van der Waals surface area contributed by atoms with Crippen LogP contribution in [0.3, 0.4) is 0 Å². The van der Waals surface area contributed by atoms with Crippen molar-refractivity contribution in [3.63, 3.8) is 0 Å². The molecule has 0 radical (unpaired) electrons. The summed E-state index contributed by atoms with van der Waals surface area (Å²) in [5, 5.41) is 7.71. The van der Waals surface area contributed by atoms with E-state index >= 15 is 0 Å². The van der Waals surface area contributed by atoms with Gasteiger partial charge in [-0.1, -0.05) is 0 Å². The van der Waals surface area contributed by atoms with Crippen LogP contribution < -0.4 is 0 Å². The normalized spacial score (nSPS) is 20.8. The molecule has 1 aliphatic rings. The molecule has 1 aromatic rings. The van der Waals surface area contributed by atoms with Crippen LogP contribution in [0.25, 0.3) is 0 Å². The SMILES string of the molecule is O=C(O)c1sc(C(F)(F)F)nc1C1CCCO1. The van der Waals surface area contributed by atoms with Crippen molar-refractivity contribution in [3.05, 3.63) is 15.6 Å². The zero-order chi connectivity index (χ0) is 12.6. The number of ether oxygens (including phenoxy) is 1. The molecular weight excluding hydrogens is 259 g/mol. The lowest BCUT2D eigenvalue weighted by Crippen LogP contribution is -2.06. The van der Waals surface area contributed by atoms with E-state index in [4.69, 9.17) is 9.84 Å². The molecule has 17 heavy (non-hydrogen) atoms. The van der Waals surface area contributed by atoms with Crippen LogP contribution >= 0.6 is 11.3 Å². The number of carbonyl (C=O) groups is 1. The van der Waals surface area contributed by atoms with Gasteiger partial charge in [-0.3, -0.25) is 0 Å². The number of hydrogen-bond donors (Lipinski definition) is 1. The van der Waals surface area contributed by atoms with Crippen LogP contribution in [0.4, 0.5) is 13.2 Å². The van der Waals surface area contributed by atoms with E-state index in [0.29, 0.717) is 19.4 Å². The molecule has 2 heterocycles. The van der Waals surface area contributed by atoms with Crippen LogP contribution in [0, 0.1) is 0 Å². The number of thiazole rings is 1. The average molecular weight is 267 g/mol. The molecule has 0 amide bonds. The number of carboxylic acids is 1. The molecule has 1 aliphatic heterocycles. The molecule has 1 N–H and O–H groups in total. The Balaban J connectivity index is 2.42. The summed E-state index contributed by atoms with van der Waals surface area (Å²) in [6.45, 7) is 0.419. The maximum atomic E-state index is 12.4. The van der Waals surface area contributed by atoms with Gasteiger partial charge in [0.15, 0.2) is 5.01 Å². The van der Waals surface area contributed by atoms with Crippen LogP contribution in [-0.4, -0.2) is 22.7 Å². The highest BCUT2D eigenvalue weighted by Crippen LogP contribution is 2.38. The standard InChI is InChI=1S/C9H8F3NO3S/c10-9(11,12)8-13-5(4-2-1-3-16-4)6(17-8)7(14)15/h4H,1-3H2,(H,14,15). The fourth-order valence-corrected chi connectivity index (χ4v) is 2.44. The van der Waals surface area contributed by atoms with Crippen LogP contribution in [0.15, 0.2) is 0 Å². The Bertz CT molecular complexity index is 437. The third-order valence-corrected chi connectivity index (χ3v) is 3.43. The van der Waals surface area contributed by atoms with Gasteiger partial charge in [-0.15, -0.1) is 11.3 Å². The van der Waals surface area contributed by atoms with Gasteiger partial charge in [-0.2, -0.15) is 13.2 Å². The Morgan fingerprint density at radius 1 is 1.53 bits per heavy atom. The predicted molar refractivity (Wildman–Crippen MR) is 52.0 cm³/mol. The maximum absolute atomic E-state index is 12.4. The summed E-state index contributed by atoms with van der Waals surface area (Å²) in [5.74, 6) is -1.40. The van der Waals surface area contributed by atoms with Crippen LogP contribution in [0.5, 0.6) is 0 Å². The highest BCUT2D eigenvalue weighted by molar-refractivity contribution is 7.13. The monoisotopic (exact) mass is 267 g/mol. The number of carboxylic acid groups (broad SMARTS) is 1. The second-order valence-electron chi connectivity index (χ2n) is 3.54. The lowest BCUT2D eigenvalue weighted by Gasteiger charge is -2.06. The number of rotatable bonds is 2. The molecule has 0 spiro atoms. The molecule has 2 rings (SSSR count). The zero-order valence-electron chi connectivity index (χ0n) is 8.45. The molecule has 1 unspecified atom stereocenters. The molecule has 1 atom stereocenters. The Hall–Kier alpha value is -1.15. The van der Waals surface area contributed by atoms with Gasteiger partial charge in [0.2, 0.25) is 0 Å². The second kappa shape index (κ2) is 4.26. The van der Waals surface area contributed by atoms with E-state index in [1.807, 2.05) is 0 Å². The minimum atomic E-state index is -4.62.